The lowest BCUT2D eigenvalue weighted by Crippen LogP contribution is -2.38. The van der Waals surface area contributed by atoms with Crippen LogP contribution in [0, 0.1) is 5.92 Å². The fourth-order valence-electron chi connectivity index (χ4n) is 3.50. The number of benzene rings is 2. The number of ether oxygens (including phenoxy) is 2. The van der Waals surface area contributed by atoms with Crippen LogP contribution < -0.4 is 19.7 Å². The van der Waals surface area contributed by atoms with Crippen LogP contribution in [0.4, 0.5) is 24.5 Å². The lowest BCUT2D eigenvalue weighted by Gasteiger charge is -2.33. The van der Waals surface area contributed by atoms with E-state index < -0.39 is 11.7 Å². The SMILES string of the molecule is O=C(Nc1ccc2c(c1)OCO2)C1CCN(c2cccc(C(F)(F)F)c2)CC1. The van der Waals surface area contributed by atoms with E-state index in [1.807, 2.05) is 4.90 Å². The highest BCUT2D eigenvalue weighted by Crippen LogP contribution is 2.35. The molecule has 28 heavy (non-hydrogen) atoms. The quantitative estimate of drug-likeness (QED) is 0.847. The molecule has 0 aliphatic carbocycles. The second-order valence-corrected chi connectivity index (χ2v) is 6.87. The number of alkyl halides is 3. The number of amides is 1. The first-order valence-corrected chi connectivity index (χ1v) is 9.03. The van der Waals surface area contributed by atoms with Gasteiger partial charge in [-0.2, -0.15) is 13.2 Å². The maximum absolute atomic E-state index is 12.9. The Hall–Kier alpha value is -2.90. The van der Waals surface area contributed by atoms with E-state index in [4.69, 9.17) is 9.47 Å². The van der Waals surface area contributed by atoms with E-state index in [9.17, 15) is 18.0 Å². The van der Waals surface area contributed by atoms with Crippen LogP contribution in [0.3, 0.4) is 0 Å². The zero-order valence-corrected chi connectivity index (χ0v) is 15.0. The minimum atomic E-state index is -4.36. The van der Waals surface area contributed by atoms with E-state index in [-0.39, 0.29) is 18.6 Å². The summed E-state index contributed by atoms with van der Waals surface area (Å²) >= 11 is 0. The summed E-state index contributed by atoms with van der Waals surface area (Å²) < 4.78 is 49.3. The average Bonchev–Trinajstić information content (AvgIpc) is 3.15. The third-order valence-electron chi connectivity index (χ3n) is 5.04. The molecule has 2 aromatic rings. The molecule has 1 amide bonds. The zero-order valence-electron chi connectivity index (χ0n) is 15.0. The Morgan fingerprint density at radius 3 is 2.54 bits per heavy atom. The summed E-state index contributed by atoms with van der Waals surface area (Å²) in [5.41, 5.74) is 0.506. The molecule has 8 heteroatoms. The Morgan fingerprint density at radius 1 is 1.04 bits per heavy atom. The fourth-order valence-corrected chi connectivity index (χ4v) is 3.50. The number of halogens is 3. The summed E-state index contributed by atoms with van der Waals surface area (Å²) in [6.07, 6.45) is -3.21. The first-order chi connectivity index (χ1) is 13.4. The third-order valence-corrected chi connectivity index (χ3v) is 5.04. The standard InChI is InChI=1S/C20H19F3N2O3/c21-20(22,23)14-2-1-3-16(10-14)25-8-6-13(7-9-25)19(26)24-15-4-5-17-18(11-15)28-12-27-17/h1-5,10-11,13H,6-9,12H2,(H,24,26). The van der Waals surface area contributed by atoms with Gasteiger partial charge in [-0.3, -0.25) is 4.79 Å². The van der Waals surface area contributed by atoms with E-state index in [0.717, 1.165) is 12.1 Å². The molecule has 4 rings (SSSR count). The number of rotatable bonds is 3. The maximum Gasteiger partial charge on any atom is 0.416 e. The van der Waals surface area contributed by atoms with Crippen molar-refractivity contribution in [3.8, 4) is 11.5 Å². The highest BCUT2D eigenvalue weighted by molar-refractivity contribution is 5.93. The van der Waals surface area contributed by atoms with Crippen molar-refractivity contribution in [2.45, 2.75) is 19.0 Å². The van der Waals surface area contributed by atoms with Gasteiger partial charge in [0.1, 0.15) is 0 Å². The van der Waals surface area contributed by atoms with Gasteiger partial charge < -0.3 is 19.7 Å². The molecule has 0 radical (unpaired) electrons. The van der Waals surface area contributed by atoms with Crippen molar-refractivity contribution in [2.24, 2.45) is 5.92 Å². The van der Waals surface area contributed by atoms with Crippen molar-refractivity contribution in [3.05, 3.63) is 48.0 Å². The molecule has 0 saturated carbocycles. The molecule has 2 aliphatic rings. The summed E-state index contributed by atoms with van der Waals surface area (Å²) in [6, 6.07) is 10.5. The molecule has 2 aliphatic heterocycles. The molecule has 0 atom stereocenters. The van der Waals surface area contributed by atoms with Gasteiger partial charge in [0, 0.05) is 36.4 Å². The number of hydrogen-bond acceptors (Lipinski definition) is 4. The van der Waals surface area contributed by atoms with Crippen LogP contribution in [-0.2, 0) is 11.0 Å². The molecular formula is C20H19F3N2O3. The van der Waals surface area contributed by atoms with Gasteiger partial charge in [-0.25, -0.2) is 0 Å². The summed E-state index contributed by atoms with van der Waals surface area (Å²) in [7, 11) is 0. The molecule has 148 valence electrons. The van der Waals surface area contributed by atoms with Gasteiger partial charge in [-0.1, -0.05) is 6.07 Å². The van der Waals surface area contributed by atoms with E-state index in [2.05, 4.69) is 5.32 Å². The van der Waals surface area contributed by atoms with Crippen LogP contribution >= 0.6 is 0 Å². The van der Waals surface area contributed by atoms with Crippen molar-refractivity contribution in [1.29, 1.82) is 0 Å². The fraction of sp³-hybridized carbons (Fsp3) is 0.350. The molecule has 0 bridgehead atoms. The van der Waals surface area contributed by atoms with Crippen LogP contribution in [0.1, 0.15) is 18.4 Å². The number of anilines is 2. The van der Waals surface area contributed by atoms with Crippen LogP contribution in [-0.4, -0.2) is 25.8 Å². The van der Waals surface area contributed by atoms with Gasteiger partial charge in [-0.05, 0) is 43.2 Å². The monoisotopic (exact) mass is 392 g/mol. The molecule has 0 aromatic heterocycles. The molecule has 1 saturated heterocycles. The smallest absolute Gasteiger partial charge is 0.416 e. The van der Waals surface area contributed by atoms with Gasteiger partial charge in [0.2, 0.25) is 12.7 Å². The molecule has 2 aromatic carbocycles. The Labute approximate surface area is 160 Å². The molecule has 1 N–H and O–H groups in total. The second-order valence-electron chi connectivity index (χ2n) is 6.87. The number of nitrogens with zero attached hydrogens (tertiary/aromatic N) is 1. The normalized spacial score (nSPS) is 16.9. The highest BCUT2D eigenvalue weighted by Gasteiger charge is 2.31. The molecular weight excluding hydrogens is 373 g/mol. The Balaban J connectivity index is 1.36. The summed E-state index contributed by atoms with van der Waals surface area (Å²) in [5.74, 6) is 0.958. The van der Waals surface area contributed by atoms with Crippen molar-refractivity contribution in [3.63, 3.8) is 0 Å². The molecule has 1 fully saturated rings. The Morgan fingerprint density at radius 2 is 1.79 bits per heavy atom. The van der Waals surface area contributed by atoms with Crippen molar-refractivity contribution >= 4 is 17.3 Å². The maximum atomic E-state index is 12.9. The zero-order chi connectivity index (χ0) is 19.7. The largest absolute Gasteiger partial charge is 0.454 e. The summed E-state index contributed by atoms with van der Waals surface area (Å²) in [5, 5.41) is 2.88. The van der Waals surface area contributed by atoms with Gasteiger partial charge in [0.25, 0.3) is 0 Å². The lowest BCUT2D eigenvalue weighted by atomic mass is 9.95. The minimum Gasteiger partial charge on any atom is -0.454 e. The summed E-state index contributed by atoms with van der Waals surface area (Å²) in [4.78, 5) is 14.4. The van der Waals surface area contributed by atoms with Gasteiger partial charge in [-0.15, -0.1) is 0 Å². The van der Waals surface area contributed by atoms with Crippen LogP contribution in [0.2, 0.25) is 0 Å². The number of hydrogen-bond donors (Lipinski definition) is 1. The Bertz CT molecular complexity index is 877. The number of fused-ring (bicyclic) bond motifs is 1. The first kappa shape index (κ1) is 18.5. The predicted molar refractivity (Wildman–Crippen MR) is 97.6 cm³/mol. The topological polar surface area (TPSA) is 50.8 Å². The number of carbonyl (C=O) groups excluding carboxylic acids is 1. The Kier molecular flexibility index (Phi) is 4.78. The first-order valence-electron chi connectivity index (χ1n) is 9.03. The summed E-state index contributed by atoms with van der Waals surface area (Å²) in [6.45, 7) is 1.22. The number of carbonyl (C=O) groups is 1. The van der Waals surface area contributed by atoms with E-state index in [0.29, 0.717) is 48.8 Å². The lowest BCUT2D eigenvalue weighted by molar-refractivity contribution is -0.137. The molecule has 5 nitrogen and oxygen atoms in total. The van der Waals surface area contributed by atoms with Crippen molar-refractivity contribution in [2.75, 3.05) is 30.1 Å². The van der Waals surface area contributed by atoms with Crippen LogP contribution in [0.25, 0.3) is 0 Å². The van der Waals surface area contributed by atoms with Crippen LogP contribution in [0.5, 0.6) is 11.5 Å². The van der Waals surface area contributed by atoms with E-state index in [1.165, 1.54) is 6.07 Å². The number of piperidine rings is 1. The average molecular weight is 392 g/mol. The number of nitrogens with one attached hydrogen (secondary N) is 1. The third kappa shape index (κ3) is 3.85. The van der Waals surface area contributed by atoms with Gasteiger partial charge in [0.15, 0.2) is 11.5 Å². The molecule has 0 spiro atoms. The van der Waals surface area contributed by atoms with E-state index in [1.54, 1.807) is 24.3 Å². The molecule has 0 unspecified atom stereocenters. The molecule has 2 heterocycles. The predicted octanol–water partition coefficient (Wildman–Crippen LogP) is 4.29. The minimum absolute atomic E-state index is 0.0949. The van der Waals surface area contributed by atoms with Gasteiger partial charge in [0.05, 0.1) is 5.56 Å². The highest BCUT2D eigenvalue weighted by atomic mass is 19.4. The van der Waals surface area contributed by atoms with Crippen molar-refractivity contribution < 1.29 is 27.4 Å². The van der Waals surface area contributed by atoms with Crippen molar-refractivity contribution in [1.82, 2.24) is 0 Å². The van der Waals surface area contributed by atoms with E-state index >= 15 is 0 Å². The van der Waals surface area contributed by atoms with Gasteiger partial charge >= 0.3 is 6.18 Å². The second kappa shape index (κ2) is 7.26. The van der Waals surface area contributed by atoms with Crippen LogP contribution in [0.15, 0.2) is 42.5 Å².